The maximum Gasteiger partial charge on any atom is 0.338 e. The van der Waals surface area contributed by atoms with E-state index in [9.17, 15) is 9.59 Å². The molecule has 1 aromatic carbocycles. The molecule has 1 atom stereocenters. The minimum absolute atomic E-state index is 0.0510. The van der Waals surface area contributed by atoms with Crippen molar-refractivity contribution < 1.29 is 14.3 Å². The molecule has 0 radical (unpaired) electrons. The second kappa shape index (κ2) is 10.6. The molecule has 1 N–H and O–H groups in total. The summed E-state index contributed by atoms with van der Waals surface area (Å²) < 4.78 is 5.59. The molecule has 178 valence electrons. The molecule has 34 heavy (non-hydrogen) atoms. The van der Waals surface area contributed by atoms with E-state index in [0.717, 1.165) is 28.4 Å². The molecule has 6 nitrogen and oxygen atoms in total. The first-order valence-corrected chi connectivity index (χ1v) is 13.1. The summed E-state index contributed by atoms with van der Waals surface area (Å²) in [6, 6.07) is 11.8. The van der Waals surface area contributed by atoms with E-state index in [4.69, 9.17) is 9.73 Å². The standard InChI is InChI=1S/C26H29N3O3S2/c1-16(2)32-25(31)23-18(4)28-26-29(24(23)19-9-7-17(3)8-10-19)20(15-34-26)14-22(30)27-12-11-21-6-5-13-33-21/h5-10,13,15-16,24H,11-12,14H2,1-4H3,(H,27,30)/t24-/m0/s1. The van der Waals surface area contributed by atoms with Crippen LogP contribution in [0.5, 0.6) is 0 Å². The Morgan fingerprint density at radius 3 is 2.62 bits per heavy atom. The molecule has 2 aliphatic rings. The van der Waals surface area contributed by atoms with Crippen molar-refractivity contribution in [3.63, 3.8) is 0 Å². The van der Waals surface area contributed by atoms with Crippen LogP contribution in [0.4, 0.5) is 0 Å². The van der Waals surface area contributed by atoms with Crippen molar-refractivity contribution in [1.29, 1.82) is 0 Å². The third-order valence-electron chi connectivity index (χ3n) is 5.57. The zero-order valence-electron chi connectivity index (χ0n) is 19.8. The third-order valence-corrected chi connectivity index (χ3v) is 7.40. The Morgan fingerprint density at radius 2 is 1.94 bits per heavy atom. The van der Waals surface area contributed by atoms with Crippen molar-refractivity contribution in [2.24, 2.45) is 4.99 Å². The monoisotopic (exact) mass is 495 g/mol. The lowest BCUT2D eigenvalue weighted by molar-refractivity contribution is -0.143. The minimum atomic E-state index is -0.403. The number of aryl methyl sites for hydroxylation is 1. The number of ether oxygens (including phenoxy) is 1. The Hall–Kier alpha value is -2.84. The van der Waals surface area contributed by atoms with E-state index in [0.29, 0.717) is 17.8 Å². The predicted molar refractivity (Wildman–Crippen MR) is 138 cm³/mol. The van der Waals surface area contributed by atoms with Crippen LogP contribution in [-0.4, -0.2) is 34.6 Å². The maximum atomic E-state index is 13.2. The number of nitrogens with one attached hydrogen (secondary N) is 1. The first-order valence-electron chi connectivity index (χ1n) is 11.3. The molecule has 2 aliphatic heterocycles. The molecule has 0 bridgehead atoms. The molecule has 1 amide bonds. The number of fused-ring (bicyclic) bond motifs is 1. The average Bonchev–Trinajstić information content (AvgIpc) is 3.43. The van der Waals surface area contributed by atoms with Crippen molar-refractivity contribution >= 4 is 40.1 Å². The van der Waals surface area contributed by atoms with Crippen molar-refractivity contribution in [3.8, 4) is 0 Å². The number of amidine groups is 1. The van der Waals surface area contributed by atoms with E-state index >= 15 is 0 Å². The van der Waals surface area contributed by atoms with E-state index in [2.05, 4.69) is 11.4 Å². The highest BCUT2D eigenvalue weighted by Crippen LogP contribution is 2.44. The Kier molecular flexibility index (Phi) is 7.58. The van der Waals surface area contributed by atoms with Crippen molar-refractivity contribution in [2.45, 2.75) is 52.7 Å². The number of nitrogens with zero attached hydrogens (tertiary/aromatic N) is 2. The van der Waals surface area contributed by atoms with Crippen LogP contribution < -0.4 is 5.32 Å². The topological polar surface area (TPSA) is 71.0 Å². The summed E-state index contributed by atoms with van der Waals surface area (Å²) in [5.74, 6) is -0.428. The van der Waals surface area contributed by atoms with Crippen LogP contribution in [0.1, 0.15) is 49.2 Å². The fraction of sp³-hybridized carbons (Fsp3) is 0.346. The predicted octanol–water partition coefficient (Wildman–Crippen LogP) is 5.33. The second-order valence-corrected chi connectivity index (χ2v) is 10.5. The Balaban J connectivity index is 1.57. The quantitative estimate of drug-likeness (QED) is 0.501. The van der Waals surface area contributed by atoms with Gasteiger partial charge in [0.15, 0.2) is 5.17 Å². The highest BCUT2D eigenvalue weighted by atomic mass is 32.2. The number of esters is 1. The van der Waals surface area contributed by atoms with Gasteiger partial charge in [0.25, 0.3) is 0 Å². The van der Waals surface area contributed by atoms with E-state index in [1.165, 1.54) is 16.6 Å². The molecule has 0 aliphatic carbocycles. The highest BCUT2D eigenvalue weighted by Gasteiger charge is 2.41. The summed E-state index contributed by atoms with van der Waals surface area (Å²) in [7, 11) is 0. The Bertz CT molecular complexity index is 1150. The van der Waals surface area contributed by atoms with Gasteiger partial charge in [0.05, 0.1) is 29.8 Å². The Morgan fingerprint density at radius 1 is 1.18 bits per heavy atom. The van der Waals surface area contributed by atoms with Crippen LogP contribution in [0.25, 0.3) is 0 Å². The third kappa shape index (κ3) is 5.45. The number of hydrogen-bond acceptors (Lipinski definition) is 7. The normalized spacial score (nSPS) is 17.4. The number of thioether (sulfide) groups is 1. The van der Waals surface area contributed by atoms with Gasteiger partial charge < -0.3 is 15.0 Å². The number of aliphatic imine (C=N–C) groups is 1. The van der Waals surface area contributed by atoms with Crippen LogP contribution in [-0.2, 0) is 20.7 Å². The molecular formula is C26H29N3O3S2. The molecule has 0 fully saturated rings. The van der Waals surface area contributed by atoms with Gasteiger partial charge in [0.1, 0.15) is 0 Å². The van der Waals surface area contributed by atoms with Gasteiger partial charge in [0.2, 0.25) is 5.91 Å². The highest BCUT2D eigenvalue weighted by molar-refractivity contribution is 8.16. The molecule has 0 saturated carbocycles. The maximum absolute atomic E-state index is 13.2. The molecule has 4 rings (SSSR count). The van der Waals surface area contributed by atoms with Gasteiger partial charge >= 0.3 is 5.97 Å². The van der Waals surface area contributed by atoms with Crippen molar-refractivity contribution in [1.82, 2.24) is 10.2 Å². The molecule has 0 spiro atoms. The zero-order chi connectivity index (χ0) is 24.2. The lowest BCUT2D eigenvalue weighted by Crippen LogP contribution is -2.38. The summed E-state index contributed by atoms with van der Waals surface area (Å²) in [6.07, 6.45) is 0.783. The van der Waals surface area contributed by atoms with E-state index in [1.54, 1.807) is 11.3 Å². The van der Waals surface area contributed by atoms with Crippen LogP contribution in [0.15, 0.2) is 69.1 Å². The van der Waals surface area contributed by atoms with Crippen molar-refractivity contribution in [3.05, 3.63) is 80.2 Å². The van der Waals surface area contributed by atoms with Crippen LogP contribution in [0.3, 0.4) is 0 Å². The summed E-state index contributed by atoms with van der Waals surface area (Å²) in [6.45, 7) is 8.14. The minimum Gasteiger partial charge on any atom is -0.459 e. The van der Waals surface area contributed by atoms with Gasteiger partial charge in [-0.05, 0) is 56.5 Å². The fourth-order valence-electron chi connectivity index (χ4n) is 3.98. The van der Waals surface area contributed by atoms with Gasteiger partial charge in [-0.2, -0.15) is 0 Å². The number of carbonyl (C=O) groups excluding carboxylic acids is 2. The lowest BCUT2D eigenvalue weighted by atomic mass is 9.93. The second-order valence-electron chi connectivity index (χ2n) is 8.61. The largest absolute Gasteiger partial charge is 0.459 e. The first-order chi connectivity index (χ1) is 16.3. The number of thiophene rings is 1. The first kappa shape index (κ1) is 24.3. The van der Waals surface area contributed by atoms with Gasteiger partial charge in [-0.25, -0.2) is 9.79 Å². The fourth-order valence-corrected chi connectivity index (χ4v) is 5.65. The van der Waals surface area contributed by atoms with E-state index < -0.39 is 6.04 Å². The number of allylic oxidation sites excluding steroid dienone is 1. The van der Waals surface area contributed by atoms with E-state index in [1.807, 2.05) is 73.7 Å². The van der Waals surface area contributed by atoms with Gasteiger partial charge in [-0.1, -0.05) is 47.7 Å². The molecule has 8 heteroatoms. The van der Waals surface area contributed by atoms with Crippen molar-refractivity contribution in [2.75, 3.05) is 6.54 Å². The van der Waals surface area contributed by atoms with Gasteiger partial charge in [0, 0.05) is 17.1 Å². The summed E-state index contributed by atoms with van der Waals surface area (Å²) in [4.78, 5) is 33.9. The number of benzene rings is 1. The van der Waals surface area contributed by atoms with Crippen LogP contribution in [0.2, 0.25) is 0 Å². The van der Waals surface area contributed by atoms with Crippen LogP contribution in [0, 0.1) is 6.92 Å². The summed E-state index contributed by atoms with van der Waals surface area (Å²) in [5, 5.41) is 7.79. The molecule has 1 aromatic heterocycles. The summed E-state index contributed by atoms with van der Waals surface area (Å²) in [5.41, 5.74) is 4.07. The van der Waals surface area contributed by atoms with E-state index in [-0.39, 0.29) is 24.4 Å². The average molecular weight is 496 g/mol. The molecule has 0 saturated heterocycles. The smallest absolute Gasteiger partial charge is 0.338 e. The molecule has 3 heterocycles. The molecular weight excluding hydrogens is 466 g/mol. The Labute approximate surface area is 208 Å². The number of amides is 1. The van der Waals surface area contributed by atoms with Crippen LogP contribution >= 0.6 is 23.1 Å². The summed E-state index contributed by atoms with van der Waals surface area (Å²) >= 11 is 3.17. The van der Waals surface area contributed by atoms with Gasteiger partial charge in [-0.3, -0.25) is 4.79 Å². The number of hydrogen-bond donors (Lipinski definition) is 1. The number of rotatable bonds is 8. The molecule has 0 unspecified atom stereocenters. The number of carbonyl (C=O) groups is 2. The van der Waals surface area contributed by atoms with Gasteiger partial charge in [-0.15, -0.1) is 11.3 Å². The molecule has 2 aromatic rings. The zero-order valence-corrected chi connectivity index (χ0v) is 21.5. The lowest BCUT2D eigenvalue weighted by Gasteiger charge is -2.36. The SMILES string of the molecule is CC1=C(C(=O)OC(C)C)[C@H](c2ccc(C)cc2)N2C(CC(=O)NCCc3cccs3)=CSC2=N1.